The number of benzene rings is 1. The largest absolute Gasteiger partial charge is 0.477 e. The number of hydrogen-bond acceptors (Lipinski definition) is 7. The molecule has 3 aromatic rings. The normalized spacial score (nSPS) is 23.0. The van der Waals surface area contributed by atoms with Crippen molar-refractivity contribution in [1.82, 2.24) is 19.5 Å². The highest BCUT2D eigenvalue weighted by molar-refractivity contribution is 7.90. The molecule has 1 saturated carbocycles. The molecule has 220 valence electrons. The van der Waals surface area contributed by atoms with E-state index in [2.05, 4.69) is 10.1 Å². The molecule has 1 aliphatic heterocycles. The summed E-state index contributed by atoms with van der Waals surface area (Å²) in [6.45, 7) is -0.401. The topological polar surface area (TPSA) is 106 Å². The van der Waals surface area contributed by atoms with Crippen LogP contribution in [-0.2, 0) is 10.0 Å². The van der Waals surface area contributed by atoms with Crippen LogP contribution in [0.3, 0.4) is 0 Å². The average Bonchev–Trinajstić information content (AvgIpc) is 3.56. The monoisotopic (exact) mass is 596 g/mol. The van der Waals surface area contributed by atoms with Gasteiger partial charge >= 0.3 is 6.18 Å². The highest BCUT2D eigenvalue weighted by atomic mass is 32.2. The lowest BCUT2D eigenvalue weighted by Crippen LogP contribution is -2.41. The number of anilines is 1. The number of halogens is 3. The van der Waals surface area contributed by atoms with Crippen LogP contribution in [-0.4, -0.2) is 54.0 Å². The Kier molecular flexibility index (Phi) is 5.80. The number of pyridine rings is 1. The molecule has 0 radical (unpaired) electrons. The number of carbonyl (C=O) groups excluding carboxylic acids is 1. The minimum absolute atomic E-state index is 0.0115. The molecule has 1 saturated heterocycles. The van der Waals surface area contributed by atoms with E-state index in [-0.39, 0.29) is 60.4 Å². The van der Waals surface area contributed by atoms with E-state index >= 15 is 0 Å². The first-order valence-corrected chi connectivity index (χ1v) is 14.3. The maximum Gasteiger partial charge on any atom is 0.394 e. The molecular formula is C28H32F3N5O4S. The van der Waals surface area contributed by atoms with Gasteiger partial charge in [0.2, 0.25) is 5.88 Å². The first-order valence-electron chi connectivity index (χ1n) is 15.4. The van der Waals surface area contributed by atoms with Crippen molar-refractivity contribution in [2.45, 2.75) is 62.9 Å². The molecule has 1 atom stereocenters. The minimum Gasteiger partial charge on any atom is -0.477 e. The van der Waals surface area contributed by atoms with Gasteiger partial charge in [-0.05, 0) is 69.7 Å². The van der Waals surface area contributed by atoms with E-state index in [0.717, 1.165) is 0 Å². The van der Waals surface area contributed by atoms with E-state index in [1.165, 1.54) is 72.1 Å². The number of sulfonamides is 1. The van der Waals surface area contributed by atoms with Gasteiger partial charge in [-0.15, -0.1) is 5.10 Å². The summed E-state index contributed by atoms with van der Waals surface area (Å²) in [6, 6.07) is 11.1. The van der Waals surface area contributed by atoms with Gasteiger partial charge in [-0.25, -0.2) is 22.8 Å². The van der Waals surface area contributed by atoms with Crippen molar-refractivity contribution in [3.8, 4) is 11.7 Å². The Morgan fingerprint density at radius 3 is 2.56 bits per heavy atom. The number of alkyl halides is 3. The van der Waals surface area contributed by atoms with Crippen LogP contribution in [0.5, 0.6) is 5.88 Å². The minimum atomic E-state index is -4.33. The van der Waals surface area contributed by atoms with Crippen LogP contribution in [0.1, 0.15) is 63.5 Å². The first-order chi connectivity index (χ1) is 21.2. The van der Waals surface area contributed by atoms with Crippen LogP contribution in [0.4, 0.5) is 19.0 Å². The van der Waals surface area contributed by atoms with Gasteiger partial charge in [-0.3, -0.25) is 4.79 Å². The zero-order valence-electron chi connectivity index (χ0n) is 27.3. The van der Waals surface area contributed by atoms with E-state index in [9.17, 15) is 26.4 Å². The van der Waals surface area contributed by atoms with Crippen LogP contribution in [0.25, 0.3) is 5.82 Å². The molecule has 2 aliphatic rings. The second kappa shape index (κ2) is 10.3. The molecule has 1 aliphatic carbocycles. The lowest BCUT2D eigenvalue weighted by molar-refractivity contribution is -0.190. The Morgan fingerprint density at radius 2 is 1.93 bits per heavy atom. The summed E-state index contributed by atoms with van der Waals surface area (Å²) in [5.74, 6) is -2.69. The summed E-state index contributed by atoms with van der Waals surface area (Å²) >= 11 is 0. The molecule has 1 amide bonds. The van der Waals surface area contributed by atoms with Gasteiger partial charge in [0.25, 0.3) is 15.9 Å². The molecule has 13 heteroatoms. The molecule has 0 unspecified atom stereocenters. The summed E-state index contributed by atoms with van der Waals surface area (Å²) in [4.78, 5) is 19.2. The summed E-state index contributed by atoms with van der Waals surface area (Å²) in [6.07, 6.45) is -5.35. The van der Waals surface area contributed by atoms with Crippen molar-refractivity contribution < 1.29 is 38.0 Å². The Balaban J connectivity index is 1.49. The van der Waals surface area contributed by atoms with Crippen molar-refractivity contribution in [2.75, 3.05) is 18.1 Å². The molecule has 5 rings (SSSR count). The zero-order chi connectivity index (χ0) is 33.9. The fourth-order valence-electron chi connectivity index (χ4n) is 4.79. The first kappa shape index (κ1) is 23.0. The van der Waals surface area contributed by atoms with Gasteiger partial charge in [0.05, 0.1) is 22.5 Å². The average molecular weight is 597 g/mol. The fraction of sp³-hybridized carbons (Fsp3) is 0.464. The van der Waals surface area contributed by atoms with Crippen molar-refractivity contribution >= 4 is 21.7 Å². The maximum atomic E-state index is 13.5. The van der Waals surface area contributed by atoms with E-state index in [0.29, 0.717) is 0 Å². The lowest BCUT2D eigenvalue weighted by atomic mass is 9.97. The van der Waals surface area contributed by atoms with Gasteiger partial charge in [0.1, 0.15) is 5.82 Å². The van der Waals surface area contributed by atoms with Crippen LogP contribution in [0.15, 0.2) is 59.6 Å². The highest BCUT2D eigenvalue weighted by Gasteiger charge is 2.62. The third-order valence-electron chi connectivity index (χ3n) is 7.29. The van der Waals surface area contributed by atoms with Gasteiger partial charge in [0, 0.05) is 31.2 Å². The van der Waals surface area contributed by atoms with Crippen molar-refractivity contribution in [1.29, 1.82) is 0 Å². The summed E-state index contributed by atoms with van der Waals surface area (Å²) < 4.78 is 116. The molecule has 0 bridgehead atoms. The van der Waals surface area contributed by atoms with E-state index in [1.54, 1.807) is 6.07 Å². The fourth-order valence-corrected chi connectivity index (χ4v) is 5.77. The smallest absolute Gasteiger partial charge is 0.394 e. The Morgan fingerprint density at radius 1 is 1.20 bits per heavy atom. The molecular weight excluding hydrogens is 559 g/mol. The number of rotatable bonds is 9. The Bertz CT molecular complexity index is 1730. The second-order valence-corrected chi connectivity index (χ2v) is 12.3. The summed E-state index contributed by atoms with van der Waals surface area (Å²) in [7, 11) is -4.33. The van der Waals surface area contributed by atoms with Crippen LogP contribution in [0.2, 0.25) is 0 Å². The maximum absolute atomic E-state index is 13.5. The third kappa shape index (κ3) is 5.90. The SMILES string of the molecule is [2H]C([2H])([2H])[C@@H]1CN(c2nc(-n3ccc(OCCC4(C(F)(F)F)CC4)n3)ccc2C(=O)NS(=O)(=O)c2ccccc2)C(C)(C)C1([2H])[2H]. The number of aromatic nitrogens is 3. The predicted octanol–water partition coefficient (Wildman–Crippen LogP) is 5.12. The Labute approximate surface area is 243 Å². The van der Waals surface area contributed by atoms with E-state index in [4.69, 9.17) is 11.6 Å². The standard InChI is InChI=1S/C28H32F3N5O4S/c1-19-17-26(2,3)35(18-19)24-21(25(37)34-41(38,39)20-7-5-4-6-8-20)9-10-22(32-24)36-15-11-23(33-36)40-16-14-27(12-13-27)28(29,30)31/h4-11,15,19H,12-14,16-18H2,1-3H3,(H,34,37)/t19-/m0/s1/i1D3,17D2. The summed E-state index contributed by atoms with van der Waals surface area (Å²) in [5.41, 5.74) is -3.55. The molecule has 3 heterocycles. The highest BCUT2D eigenvalue weighted by Crippen LogP contribution is 2.59. The lowest BCUT2D eigenvalue weighted by Gasteiger charge is -2.34. The molecule has 9 nitrogen and oxygen atoms in total. The van der Waals surface area contributed by atoms with E-state index in [1.807, 2.05) is 4.72 Å². The van der Waals surface area contributed by atoms with Crippen LogP contribution in [0, 0.1) is 11.3 Å². The summed E-state index contributed by atoms with van der Waals surface area (Å²) in [5, 5.41) is 4.21. The zero-order valence-corrected chi connectivity index (χ0v) is 23.1. The third-order valence-corrected chi connectivity index (χ3v) is 8.64. The van der Waals surface area contributed by atoms with Gasteiger partial charge in [-0.1, -0.05) is 25.1 Å². The second-order valence-electron chi connectivity index (χ2n) is 10.6. The molecule has 2 aromatic heterocycles. The van der Waals surface area contributed by atoms with Crippen LogP contribution < -0.4 is 14.4 Å². The molecule has 0 spiro atoms. The predicted molar refractivity (Wildman–Crippen MR) is 145 cm³/mol. The number of nitrogens with one attached hydrogen (secondary N) is 1. The van der Waals surface area contributed by atoms with Crippen LogP contribution >= 0.6 is 0 Å². The number of hydrogen-bond donors (Lipinski definition) is 1. The van der Waals surface area contributed by atoms with Gasteiger partial charge in [0.15, 0.2) is 5.82 Å². The van der Waals surface area contributed by atoms with Crippen molar-refractivity contribution in [3.63, 3.8) is 0 Å². The van der Waals surface area contributed by atoms with Crippen molar-refractivity contribution in [2.24, 2.45) is 11.3 Å². The molecule has 41 heavy (non-hydrogen) atoms. The Hall–Kier alpha value is -3.61. The van der Waals surface area contributed by atoms with E-state index < -0.39 is 52.2 Å². The molecule has 1 aromatic carbocycles. The number of nitrogens with zero attached hydrogens (tertiary/aromatic N) is 4. The van der Waals surface area contributed by atoms with Crippen molar-refractivity contribution in [3.05, 3.63) is 60.3 Å². The quantitative estimate of drug-likeness (QED) is 0.365. The number of amides is 1. The van der Waals surface area contributed by atoms with Gasteiger partial charge < -0.3 is 9.64 Å². The number of ether oxygens (including phenoxy) is 1. The molecule has 1 N–H and O–H groups in total. The number of carbonyl (C=O) groups is 1. The molecule has 2 fully saturated rings. The van der Waals surface area contributed by atoms with Gasteiger partial charge in [-0.2, -0.15) is 13.2 Å².